The van der Waals surface area contributed by atoms with Crippen LogP contribution in [0.2, 0.25) is 0 Å². The number of rotatable bonds is 2. The number of carbonyl (C=O) groups is 1. The van der Waals surface area contributed by atoms with Crippen LogP contribution in [0.1, 0.15) is 22.8 Å². The van der Waals surface area contributed by atoms with Gasteiger partial charge in [-0.15, -0.1) is 0 Å². The standard InChI is InChI=1S/C10H10N2O2/c1-2-6-4-11-9-8(6)3-7(5-12-9)10(13)14/h3-5H,2H2,1H3,(H,11,12)(H,13,14). The van der Waals surface area contributed by atoms with Gasteiger partial charge in [0.05, 0.1) is 5.56 Å². The molecule has 0 fully saturated rings. The van der Waals surface area contributed by atoms with Crippen molar-refractivity contribution < 1.29 is 9.90 Å². The number of fused-ring (bicyclic) bond motifs is 1. The van der Waals surface area contributed by atoms with Crippen molar-refractivity contribution in [3.8, 4) is 0 Å². The van der Waals surface area contributed by atoms with Crippen LogP contribution in [-0.2, 0) is 6.42 Å². The Hall–Kier alpha value is -1.84. The molecule has 2 aromatic rings. The van der Waals surface area contributed by atoms with E-state index in [1.54, 1.807) is 6.07 Å². The largest absolute Gasteiger partial charge is 0.478 e. The second-order valence-corrected chi connectivity index (χ2v) is 3.09. The van der Waals surface area contributed by atoms with Gasteiger partial charge in [0.25, 0.3) is 0 Å². The first-order valence-electron chi connectivity index (χ1n) is 4.41. The number of H-pyrrole nitrogens is 1. The molecule has 0 aliphatic rings. The number of aromatic carboxylic acids is 1. The average Bonchev–Trinajstić information content (AvgIpc) is 2.59. The molecule has 0 saturated heterocycles. The fourth-order valence-corrected chi connectivity index (χ4v) is 1.47. The molecule has 2 N–H and O–H groups in total. The van der Waals surface area contributed by atoms with Gasteiger partial charge in [0.15, 0.2) is 0 Å². The van der Waals surface area contributed by atoms with Crippen molar-refractivity contribution in [2.24, 2.45) is 0 Å². The lowest BCUT2D eigenvalue weighted by atomic mass is 10.1. The van der Waals surface area contributed by atoms with Gasteiger partial charge in [-0.3, -0.25) is 0 Å². The summed E-state index contributed by atoms with van der Waals surface area (Å²) in [4.78, 5) is 17.8. The molecular weight excluding hydrogens is 180 g/mol. The lowest BCUT2D eigenvalue weighted by molar-refractivity contribution is 0.0696. The van der Waals surface area contributed by atoms with Crippen molar-refractivity contribution in [2.75, 3.05) is 0 Å². The van der Waals surface area contributed by atoms with Crippen LogP contribution in [0.15, 0.2) is 18.5 Å². The SMILES string of the molecule is CCc1c[nH]c2ncc(C(=O)O)cc12. The normalized spacial score (nSPS) is 10.6. The second-order valence-electron chi connectivity index (χ2n) is 3.09. The number of nitrogens with zero attached hydrogens (tertiary/aromatic N) is 1. The quantitative estimate of drug-likeness (QED) is 0.759. The molecule has 0 amide bonds. The Morgan fingerprint density at radius 2 is 2.43 bits per heavy atom. The van der Waals surface area contributed by atoms with Gasteiger partial charge in [-0.1, -0.05) is 6.92 Å². The smallest absolute Gasteiger partial charge is 0.337 e. The number of carboxylic acids is 1. The molecule has 14 heavy (non-hydrogen) atoms. The van der Waals surface area contributed by atoms with Gasteiger partial charge in [0.2, 0.25) is 0 Å². The molecule has 0 aliphatic carbocycles. The van der Waals surface area contributed by atoms with E-state index in [2.05, 4.69) is 9.97 Å². The monoisotopic (exact) mass is 190 g/mol. The van der Waals surface area contributed by atoms with Crippen molar-refractivity contribution in [3.63, 3.8) is 0 Å². The number of aromatic amines is 1. The molecule has 0 bridgehead atoms. The van der Waals surface area contributed by atoms with E-state index in [0.29, 0.717) is 0 Å². The summed E-state index contributed by atoms with van der Waals surface area (Å²) in [7, 11) is 0. The molecule has 0 spiro atoms. The van der Waals surface area contributed by atoms with E-state index in [1.165, 1.54) is 6.20 Å². The van der Waals surface area contributed by atoms with Crippen molar-refractivity contribution in [1.82, 2.24) is 9.97 Å². The van der Waals surface area contributed by atoms with Crippen LogP contribution in [-0.4, -0.2) is 21.0 Å². The Morgan fingerprint density at radius 1 is 1.64 bits per heavy atom. The Morgan fingerprint density at radius 3 is 3.07 bits per heavy atom. The number of aryl methyl sites for hydroxylation is 1. The predicted octanol–water partition coefficient (Wildman–Crippen LogP) is 1.82. The summed E-state index contributed by atoms with van der Waals surface area (Å²) in [5, 5.41) is 9.69. The zero-order chi connectivity index (χ0) is 10.1. The molecule has 0 atom stereocenters. The minimum Gasteiger partial charge on any atom is -0.478 e. The van der Waals surface area contributed by atoms with Crippen LogP contribution in [0.25, 0.3) is 11.0 Å². The van der Waals surface area contributed by atoms with Crippen LogP contribution in [0.3, 0.4) is 0 Å². The van der Waals surface area contributed by atoms with Crippen LogP contribution < -0.4 is 0 Å². The van der Waals surface area contributed by atoms with E-state index < -0.39 is 5.97 Å². The topological polar surface area (TPSA) is 66.0 Å². The second kappa shape index (κ2) is 3.14. The Kier molecular flexibility index (Phi) is 1.96. The highest BCUT2D eigenvalue weighted by Crippen LogP contribution is 2.17. The Bertz CT molecular complexity index is 488. The maximum Gasteiger partial charge on any atom is 0.337 e. The van der Waals surface area contributed by atoms with E-state index in [-0.39, 0.29) is 5.56 Å². The maximum atomic E-state index is 10.7. The van der Waals surface area contributed by atoms with Crippen LogP contribution in [0.5, 0.6) is 0 Å². The molecule has 0 unspecified atom stereocenters. The minimum absolute atomic E-state index is 0.229. The first kappa shape index (κ1) is 8.74. The third-order valence-electron chi connectivity index (χ3n) is 2.24. The van der Waals surface area contributed by atoms with E-state index in [0.717, 1.165) is 23.0 Å². The molecule has 4 heteroatoms. The summed E-state index contributed by atoms with van der Waals surface area (Å²) >= 11 is 0. The predicted molar refractivity (Wildman–Crippen MR) is 52.4 cm³/mol. The minimum atomic E-state index is -0.942. The molecule has 0 aliphatic heterocycles. The van der Waals surface area contributed by atoms with E-state index >= 15 is 0 Å². The Labute approximate surface area is 80.6 Å². The summed E-state index contributed by atoms with van der Waals surface area (Å²) in [6.45, 7) is 2.02. The molecule has 2 aromatic heterocycles. The third kappa shape index (κ3) is 1.25. The molecule has 4 nitrogen and oxygen atoms in total. The highest BCUT2D eigenvalue weighted by atomic mass is 16.4. The zero-order valence-corrected chi connectivity index (χ0v) is 7.74. The fraction of sp³-hybridized carbons (Fsp3) is 0.200. The lowest BCUT2D eigenvalue weighted by Gasteiger charge is -1.95. The molecule has 2 rings (SSSR count). The molecule has 0 aromatic carbocycles. The number of pyridine rings is 1. The average molecular weight is 190 g/mol. The first-order valence-corrected chi connectivity index (χ1v) is 4.41. The third-order valence-corrected chi connectivity index (χ3v) is 2.24. The van der Waals surface area contributed by atoms with Gasteiger partial charge in [0.1, 0.15) is 5.65 Å². The number of nitrogens with one attached hydrogen (secondary N) is 1. The summed E-state index contributed by atoms with van der Waals surface area (Å²) in [5.74, 6) is -0.942. The van der Waals surface area contributed by atoms with Gasteiger partial charge in [-0.25, -0.2) is 9.78 Å². The number of hydrogen-bond acceptors (Lipinski definition) is 2. The van der Waals surface area contributed by atoms with E-state index in [9.17, 15) is 4.79 Å². The van der Waals surface area contributed by atoms with Gasteiger partial charge >= 0.3 is 5.97 Å². The van der Waals surface area contributed by atoms with Crippen molar-refractivity contribution >= 4 is 17.0 Å². The van der Waals surface area contributed by atoms with Crippen molar-refractivity contribution in [3.05, 3.63) is 29.6 Å². The summed E-state index contributed by atoms with van der Waals surface area (Å²) in [5.41, 5.74) is 2.06. The highest BCUT2D eigenvalue weighted by Gasteiger charge is 2.07. The van der Waals surface area contributed by atoms with Gasteiger partial charge in [0, 0.05) is 17.8 Å². The Balaban J connectivity index is 2.67. The number of aromatic nitrogens is 2. The molecule has 0 radical (unpaired) electrons. The van der Waals surface area contributed by atoms with Gasteiger partial charge in [-0.2, -0.15) is 0 Å². The highest BCUT2D eigenvalue weighted by molar-refractivity contribution is 5.92. The molecular formula is C10H10N2O2. The van der Waals surface area contributed by atoms with E-state index in [4.69, 9.17) is 5.11 Å². The zero-order valence-electron chi connectivity index (χ0n) is 7.74. The number of carboxylic acid groups (broad SMARTS) is 1. The van der Waals surface area contributed by atoms with Gasteiger partial charge < -0.3 is 10.1 Å². The van der Waals surface area contributed by atoms with Crippen LogP contribution in [0, 0.1) is 0 Å². The lowest BCUT2D eigenvalue weighted by Crippen LogP contribution is -1.96. The van der Waals surface area contributed by atoms with Gasteiger partial charge in [-0.05, 0) is 18.1 Å². The fourth-order valence-electron chi connectivity index (χ4n) is 1.47. The summed E-state index contributed by atoms with van der Waals surface area (Å²) in [6, 6.07) is 1.65. The van der Waals surface area contributed by atoms with Crippen LogP contribution in [0.4, 0.5) is 0 Å². The summed E-state index contributed by atoms with van der Waals surface area (Å²) in [6.07, 6.45) is 4.09. The molecule has 2 heterocycles. The van der Waals surface area contributed by atoms with E-state index in [1.807, 2.05) is 13.1 Å². The van der Waals surface area contributed by atoms with Crippen molar-refractivity contribution in [2.45, 2.75) is 13.3 Å². The summed E-state index contributed by atoms with van der Waals surface area (Å²) < 4.78 is 0. The molecule has 0 saturated carbocycles. The maximum absolute atomic E-state index is 10.7. The molecule has 72 valence electrons. The first-order chi connectivity index (χ1) is 6.72. The number of hydrogen-bond donors (Lipinski definition) is 2. The van der Waals surface area contributed by atoms with Crippen molar-refractivity contribution in [1.29, 1.82) is 0 Å². The van der Waals surface area contributed by atoms with Crippen LogP contribution >= 0.6 is 0 Å².